The van der Waals surface area contributed by atoms with E-state index in [-0.39, 0.29) is 17.9 Å². The number of nitrogens with one attached hydrogen (secondary N) is 1. The number of morpholine rings is 1. The van der Waals surface area contributed by atoms with Gasteiger partial charge in [-0.3, -0.25) is 9.69 Å². The lowest BCUT2D eigenvalue weighted by atomic mass is 10.2. The fraction of sp³-hybridized carbons (Fsp3) is 0.692. The van der Waals surface area contributed by atoms with Crippen LogP contribution in [-0.2, 0) is 19.1 Å². The maximum absolute atomic E-state index is 11.9. The van der Waals surface area contributed by atoms with E-state index in [0.717, 1.165) is 0 Å². The summed E-state index contributed by atoms with van der Waals surface area (Å²) in [5.41, 5.74) is 0.545. The monoisotopic (exact) mass is 270 g/mol. The number of methoxy groups -OCH3 is 1. The molecular weight excluding hydrogens is 248 g/mol. The number of carbonyl (C=O) groups excluding carboxylic acids is 2. The summed E-state index contributed by atoms with van der Waals surface area (Å²) in [6.45, 7) is 6.37. The highest BCUT2D eigenvalue weighted by molar-refractivity contribution is 5.87. The Bertz CT molecular complexity index is 355. The van der Waals surface area contributed by atoms with Gasteiger partial charge in [0.2, 0.25) is 5.91 Å². The zero-order valence-corrected chi connectivity index (χ0v) is 11.8. The number of ether oxygens (including phenoxy) is 2. The first-order valence-electron chi connectivity index (χ1n) is 6.44. The molecule has 0 aromatic heterocycles. The molecule has 0 saturated carbocycles. The Kier molecular flexibility index (Phi) is 6.52. The lowest BCUT2D eigenvalue weighted by Crippen LogP contribution is -2.53. The third-order valence-electron chi connectivity index (χ3n) is 3.03. The van der Waals surface area contributed by atoms with E-state index >= 15 is 0 Å². The van der Waals surface area contributed by atoms with Crippen LogP contribution < -0.4 is 5.32 Å². The van der Waals surface area contributed by atoms with E-state index in [1.807, 2.05) is 11.8 Å². The van der Waals surface area contributed by atoms with Gasteiger partial charge in [0.1, 0.15) is 6.04 Å². The van der Waals surface area contributed by atoms with E-state index in [0.29, 0.717) is 38.4 Å². The summed E-state index contributed by atoms with van der Waals surface area (Å²) in [4.78, 5) is 25.2. The number of likely N-dealkylation sites (N-methyl/N-ethyl adjacent to an activating group) is 1. The van der Waals surface area contributed by atoms with Crippen molar-refractivity contribution in [2.24, 2.45) is 0 Å². The van der Waals surface area contributed by atoms with E-state index in [4.69, 9.17) is 4.74 Å². The molecule has 1 amide bonds. The molecule has 0 aromatic carbocycles. The molecule has 1 N–H and O–H groups in total. The molecule has 1 saturated heterocycles. The molecule has 0 aromatic rings. The Morgan fingerprint density at radius 2 is 2.26 bits per heavy atom. The van der Waals surface area contributed by atoms with E-state index in [1.165, 1.54) is 7.11 Å². The molecule has 1 aliphatic heterocycles. The molecule has 1 unspecified atom stereocenters. The quantitative estimate of drug-likeness (QED) is 0.560. The highest BCUT2D eigenvalue weighted by Gasteiger charge is 2.28. The second kappa shape index (κ2) is 7.91. The Balaban J connectivity index is 2.62. The average molecular weight is 270 g/mol. The minimum atomic E-state index is -0.345. The number of hydrogen-bond donors (Lipinski definition) is 1. The van der Waals surface area contributed by atoms with Gasteiger partial charge in [-0.15, -0.1) is 0 Å². The largest absolute Gasteiger partial charge is 0.466 e. The van der Waals surface area contributed by atoms with Crippen molar-refractivity contribution in [3.8, 4) is 0 Å². The first-order chi connectivity index (χ1) is 9.10. The third-order valence-corrected chi connectivity index (χ3v) is 3.03. The molecule has 6 heteroatoms. The van der Waals surface area contributed by atoms with Crippen LogP contribution in [0.1, 0.15) is 13.8 Å². The second-order valence-corrected chi connectivity index (χ2v) is 4.36. The predicted octanol–water partition coefficient (Wildman–Crippen LogP) is -0.0574. The third kappa shape index (κ3) is 4.65. The SMILES string of the molecule is CCNC(=O)C1COCCN1C/C=C(/C)C(=O)OC. The van der Waals surface area contributed by atoms with Crippen molar-refractivity contribution in [3.05, 3.63) is 11.6 Å². The van der Waals surface area contributed by atoms with Crippen LogP contribution in [-0.4, -0.2) is 62.8 Å². The Morgan fingerprint density at radius 3 is 2.89 bits per heavy atom. The molecule has 0 bridgehead atoms. The second-order valence-electron chi connectivity index (χ2n) is 4.36. The molecule has 1 rings (SSSR count). The number of rotatable bonds is 5. The summed E-state index contributed by atoms with van der Waals surface area (Å²) < 4.78 is 9.98. The van der Waals surface area contributed by atoms with Crippen LogP contribution in [0.25, 0.3) is 0 Å². The van der Waals surface area contributed by atoms with Gasteiger partial charge in [0, 0.05) is 25.2 Å². The number of hydrogen-bond acceptors (Lipinski definition) is 5. The predicted molar refractivity (Wildman–Crippen MR) is 70.6 cm³/mol. The maximum atomic E-state index is 11.9. The Hall–Kier alpha value is -1.40. The van der Waals surface area contributed by atoms with Crippen molar-refractivity contribution >= 4 is 11.9 Å². The van der Waals surface area contributed by atoms with Crippen LogP contribution in [0.4, 0.5) is 0 Å². The van der Waals surface area contributed by atoms with Crippen molar-refractivity contribution in [2.75, 3.05) is 40.0 Å². The maximum Gasteiger partial charge on any atom is 0.333 e. The van der Waals surface area contributed by atoms with Crippen molar-refractivity contribution < 1.29 is 19.1 Å². The molecule has 108 valence electrons. The van der Waals surface area contributed by atoms with Gasteiger partial charge >= 0.3 is 5.97 Å². The zero-order chi connectivity index (χ0) is 14.3. The smallest absolute Gasteiger partial charge is 0.333 e. The van der Waals surface area contributed by atoms with Crippen LogP contribution in [0.5, 0.6) is 0 Å². The molecular formula is C13H22N2O4. The molecule has 1 atom stereocenters. The summed E-state index contributed by atoms with van der Waals surface area (Å²) >= 11 is 0. The normalized spacial score (nSPS) is 21.0. The van der Waals surface area contributed by atoms with Gasteiger partial charge in [0.05, 0.1) is 20.3 Å². The van der Waals surface area contributed by atoms with Gasteiger partial charge in [-0.05, 0) is 13.8 Å². The highest BCUT2D eigenvalue weighted by atomic mass is 16.5. The first kappa shape index (κ1) is 15.7. The first-order valence-corrected chi connectivity index (χ1v) is 6.44. The lowest BCUT2D eigenvalue weighted by molar-refractivity contribution is -0.136. The zero-order valence-electron chi connectivity index (χ0n) is 11.8. The van der Waals surface area contributed by atoms with Gasteiger partial charge in [0.25, 0.3) is 0 Å². The average Bonchev–Trinajstić information content (AvgIpc) is 2.44. The van der Waals surface area contributed by atoms with Crippen molar-refractivity contribution in [1.29, 1.82) is 0 Å². The topological polar surface area (TPSA) is 67.9 Å². The summed E-state index contributed by atoms with van der Waals surface area (Å²) in [7, 11) is 1.35. The number of amides is 1. The van der Waals surface area contributed by atoms with Crippen LogP contribution >= 0.6 is 0 Å². The number of nitrogens with zero attached hydrogens (tertiary/aromatic N) is 1. The van der Waals surface area contributed by atoms with Gasteiger partial charge in [-0.1, -0.05) is 6.08 Å². The van der Waals surface area contributed by atoms with E-state index in [1.54, 1.807) is 13.0 Å². The van der Waals surface area contributed by atoms with Crippen molar-refractivity contribution in [3.63, 3.8) is 0 Å². The fourth-order valence-corrected chi connectivity index (χ4v) is 1.89. The standard InChI is InChI=1S/C13H22N2O4/c1-4-14-12(16)11-9-19-8-7-15(11)6-5-10(2)13(17)18-3/h5,11H,4,6-9H2,1-3H3,(H,14,16)/b10-5-. The van der Waals surface area contributed by atoms with Gasteiger partial charge in [0.15, 0.2) is 0 Å². The summed E-state index contributed by atoms with van der Waals surface area (Å²) in [6, 6.07) is -0.296. The van der Waals surface area contributed by atoms with Gasteiger partial charge in [-0.25, -0.2) is 4.79 Å². The molecule has 0 aliphatic carbocycles. The lowest BCUT2D eigenvalue weighted by Gasteiger charge is -2.33. The summed E-state index contributed by atoms with van der Waals surface area (Å²) in [5.74, 6) is -0.380. The molecule has 6 nitrogen and oxygen atoms in total. The fourth-order valence-electron chi connectivity index (χ4n) is 1.89. The number of carbonyl (C=O) groups is 2. The van der Waals surface area contributed by atoms with Crippen LogP contribution in [0, 0.1) is 0 Å². The van der Waals surface area contributed by atoms with E-state index in [2.05, 4.69) is 10.1 Å². The van der Waals surface area contributed by atoms with Crippen molar-refractivity contribution in [1.82, 2.24) is 10.2 Å². The van der Waals surface area contributed by atoms with Crippen LogP contribution in [0.3, 0.4) is 0 Å². The van der Waals surface area contributed by atoms with Gasteiger partial charge in [-0.2, -0.15) is 0 Å². The van der Waals surface area contributed by atoms with Gasteiger partial charge < -0.3 is 14.8 Å². The van der Waals surface area contributed by atoms with Crippen molar-refractivity contribution in [2.45, 2.75) is 19.9 Å². The summed E-state index contributed by atoms with van der Waals surface area (Å²) in [6.07, 6.45) is 1.78. The molecule has 1 aliphatic rings. The summed E-state index contributed by atoms with van der Waals surface area (Å²) in [5, 5.41) is 2.79. The number of esters is 1. The Morgan fingerprint density at radius 1 is 1.53 bits per heavy atom. The minimum absolute atomic E-state index is 0.0358. The highest BCUT2D eigenvalue weighted by Crippen LogP contribution is 2.08. The minimum Gasteiger partial charge on any atom is -0.466 e. The molecule has 0 radical (unpaired) electrons. The van der Waals surface area contributed by atoms with Crippen LogP contribution in [0.15, 0.2) is 11.6 Å². The van der Waals surface area contributed by atoms with E-state index in [9.17, 15) is 9.59 Å². The molecule has 0 spiro atoms. The van der Waals surface area contributed by atoms with Crippen LogP contribution in [0.2, 0.25) is 0 Å². The molecule has 1 fully saturated rings. The Labute approximate surface area is 113 Å². The molecule has 19 heavy (non-hydrogen) atoms. The van der Waals surface area contributed by atoms with E-state index < -0.39 is 0 Å². The molecule has 1 heterocycles.